The number of hydrogen-bond donors (Lipinski definition) is 2. The highest BCUT2D eigenvalue weighted by molar-refractivity contribution is 6.07. The molecule has 3 rings (SSSR count). The first-order valence-electron chi connectivity index (χ1n) is 7.88. The SMILES string of the molecule is N#C/C(=N\Nc1ccccc1)C(O)(c1ccccc1)c1ccccc1. The van der Waals surface area contributed by atoms with Crippen LogP contribution in [0.3, 0.4) is 0 Å². The molecular formula is C21H17N3O. The summed E-state index contributed by atoms with van der Waals surface area (Å²) in [6, 6.07) is 29.5. The highest BCUT2D eigenvalue weighted by atomic mass is 16.3. The van der Waals surface area contributed by atoms with Gasteiger partial charge >= 0.3 is 0 Å². The number of para-hydroxylation sites is 1. The molecule has 0 fully saturated rings. The molecule has 0 radical (unpaired) electrons. The van der Waals surface area contributed by atoms with Crippen molar-refractivity contribution in [2.75, 3.05) is 5.43 Å². The van der Waals surface area contributed by atoms with E-state index in [4.69, 9.17) is 0 Å². The number of nitrogens with one attached hydrogen (secondary N) is 1. The van der Waals surface area contributed by atoms with Gasteiger partial charge in [-0.05, 0) is 23.3 Å². The Labute approximate surface area is 146 Å². The lowest BCUT2D eigenvalue weighted by Gasteiger charge is -2.27. The Hall–Kier alpha value is -3.42. The van der Waals surface area contributed by atoms with Crippen LogP contribution in [0.4, 0.5) is 5.69 Å². The molecule has 0 spiro atoms. The van der Waals surface area contributed by atoms with E-state index < -0.39 is 5.60 Å². The van der Waals surface area contributed by atoms with Crippen molar-refractivity contribution in [3.63, 3.8) is 0 Å². The minimum atomic E-state index is -1.64. The van der Waals surface area contributed by atoms with Gasteiger partial charge in [0.1, 0.15) is 6.07 Å². The topological polar surface area (TPSA) is 68.4 Å². The fourth-order valence-electron chi connectivity index (χ4n) is 2.62. The molecule has 25 heavy (non-hydrogen) atoms. The zero-order valence-corrected chi connectivity index (χ0v) is 13.5. The molecule has 0 bridgehead atoms. The van der Waals surface area contributed by atoms with Crippen LogP contribution in [0, 0.1) is 11.3 Å². The van der Waals surface area contributed by atoms with E-state index in [-0.39, 0.29) is 5.71 Å². The molecule has 0 saturated carbocycles. The van der Waals surface area contributed by atoms with Crippen LogP contribution in [0.5, 0.6) is 0 Å². The molecule has 0 amide bonds. The lowest BCUT2D eigenvalue weighted by atomic mass is 9.82. The van der Waals surface area contributed by atoms with Crippen LogP contribution in [-0.4, -0.2) is 10.8 Å². The molecule has 0 atom stereocenters. The third-order valence-corrected chi connectivity index (χ3v) is 3.90. The summed E-state index contributed by atoms with van der Waals surface area (Å²) in [7, 11) is 0. The maximum atomic E-state index is 11.5. The van der Waals surface area contributed by atoms with E-state index in [1.54, 1.807) is 24.3 Å². The molecule has 4 nitrogen and oxygen atoms in total. The molecular weight excluding hydrogens is 310 g/mol. The molecule has 3 aromatic rings. The molecule has 0 saturated heterocycles. The molecule has 0 aromatic heterocycles. The molecule has 122 valence electrons. The van der Waals surface area contributed by atoms with Crippen molar-refractivity contribution in [3.8, 4) is 6.07 Å². The first-order chi connectivity index (χ1) is 12.2. The Morgan fingerprint density at radius 1 is 0.800 bits per heavy atom. The number of aliphatic hydroxyl groups is 1. The van der Waals surface area contributed by atoms with Crippen LogP contribution in [-0.2, 0) is 5.60 Å². The monoisotopic (exact) mass is 327 g/mol. The Balaban J connectivity index is 2.09. The zero-order valence-electron chi connectivity index (χ0n) is 13.5. The number of hydrogen-bond acceptors (Lipinski definition) is 4. The molecule has 4 heteroatoms. The average Bonchev–Trinajstić information content (AvgIpc) is 2.70. The maximum absolute atomic E-state index is 11.5. The van der Waals surface area contributed by atoms with E-state index in [2.05, 4.69) is 10.5 Å². The summed E-state index contributed by atoms with van der Waals surface area (Å²) in [6.45, 7) is 0. The molecule has 2 N–H and O–H groups in total. The highest BCUT2D eigenvalue weighted by Gasteiger charge is 2.38. The molecule has 0 aliphatic rings. The number of rotatable bonds is 5. The van der Waals surface area contributed by atoms with Crippen LogP contribution in [0.25, 0.3) is 0 Å². The minimum absolute atomic E-state index is 0.0336. The van der Waals surface area contributed by atoms with Gasteiger partial charge < -0.3 is 5.11 Å². The summed E-state index contributed by atoms with van der Waals surface area (Å²) >= 11 is 0. The van der Waals surface area contributed by atoms with Gasteiger partial charge in [-0.25, -0.2) is 0 Å². The van der Waals surface area contributed by atoms with Gasteiger partial charge in [0.05, 0.1) is 5.69 Å². The third-order valence-electron chi connectivity index (χ3n) is 3.90. The summed E-state index contributed by atoms with van der Waals surface area (Å²) < 4.78 is 0. The van der Waals surface area contributed by atoms with Gasteiger partial charge in [-0.15, -0.1) is 0 Å². The van der Waals surface area contributed by atoms with Gasteiger partial charge in [0.2, 0.25) is 0 Å². The summed E-state index contributed by atoms with van der Waals surface area (Å²) in [5, 5.41) is 25.4. The second kappa shape index (κ2) is 7.43. The number of nitriles is 1. The summed E-state index contributed by atoms with van der Waals surface area (Å²) in [5.41, 5.74) is 3.07. The highest BCUT2D eigenvalue weighted by Crippen LogP contribution is 2.31. The largest absolute Gasteiger partial charge is 0.374 e. The minimum Gasteiger partial charge on any atom is -0.374 e. The molecule has 0 aliphatic heterocycles. The van der Waals surface area contributed by atoms with Gasteiger partial charge in [-0.1, -0.05) is 78.9 Å². The van der Waals surface area contributed by atoms with Gasteiger partial charge in [0.25, 0.3) is 0 Å². The van der Waals surface area contributed by atoms with Crippen LogP contribution in [0.2, 0.25) is 0 Å². The summed E-state index contributed by atoms with van der Waals surface area (Å²) in [5.74, 6) is 0. The summed E-state index contributed by atoms with van der Waals surface area (Å²) in [4.78, 5) is 0. The van der Waals surface area contributed by atoms with Gasteiger partial charge in [0, 0.05) is 0 Å². The van der Waals surface area contributed by atoms with Crippen molar-refractivity contribution >= 4 is 11.4 Å². The van der Waals surface area contributed by atoms with Crippen molar-refractivity contribution in [1.29, 1.82) is 5.26 Å². The normalized spacial score (nSPS) is 11.6. The van der Waals surface area contributed by atoms with E-state index in [0.29, 0.717) is 11.1 Å². The average molecular weight is 327 g/mol. The number of hydrazone groups is 1. The van der Waals surface area contributed by atoms with E-state index in [0.717, 1.165) is 5.69 Å². The number of nitrogens with zero attached hydrogens (tertiary/aromatic N) is 2. The first kappa shape index (κ1) is 16.4. The fourth-order valence-corrected chi connectivity index (χ4v) is 2.62. The van der Waals surface area contributed by atoms with Crippen LogP contribution in [0.1, 0.15) is 11.1 Å². The molecule has 3 aromatic carbocycles. The molecule has 0 heterocycles. The van der Waals surface area contributed by atoms with Crippen molar-refractivity contribution in [2.24, 2.45) is 5.10 Å². The Morgan fingerprint density at radius 3 is 1.68 bits per heavy atom. The van der Waals surface area contributed by atoms with Crippen molar-refractivity contribution < 1.29 is 5.11 Å². The second-order valence-corrected chi connectivity index (χ2v) is 5.49. The van der Waals surface area contributed by atoms with E-state index in [1.165, 1.54) is 0 Å². The Kier molecular flexibility index (Phi) is 4.89. The predicted molar refractivity (Wildman–Crippen MR) is 99.0 cm³/mol. The van der Waals surface area contributed by atoms with Crippen LogP contribution >= 0.6 is 0 Å². The zero-order chi connectivity index (χ0) is 17.5. The standard InChI is InChI=1S/C21H17N3O/c22-16-20(24-23-19-14-8-3-9-15-19)21(25,17-10-4-1-5-11-17)18-12-6-2-7-13-18/h1-15,23,25H/b24-20+. The van der Waals surface area contributed by atoms with Crippen molar-refractivity contribution in [2.45, 2.75) is 5.60 Å². The van der Waals surface area contributed by atoms with Gasteiger partial charge in [-0.3, -0.25) is 5.43 Å². The van der Waals surface area contributed by atoms with Crippen molar-refractivity contribution in [3.05, 3.63) is 102 Å². The second-order valence-electron chi connectivity index (χ2n) is 5.49. The van der Waals surface area contributed by atoms with E-state index in [9.17, 15) is 10.4 Å². The lowest BCUT2D eigenvalue weighted by Crippen LogP contribution is -2.36. The third kappa shape index (κ3) is 3.42. The first-order valence-corrected chi connectivity index (χ1v) is 7.88. The Bertz CT molecular complexity index is 845. The molecule has 0 unspecified atom stereocenters. The number of benzene rings is 3. The van der Waals surface area contributed by atoms with Gasteiger partial charge in [-0.2, -0.15) is 10.4 Å². The number of anilines is 1. The fraction of sp³-hybridized carbons (Fsp3) is 0.0476. The summed E-state index contributed by atoms with van der Waals surface area (Å²) in [6.07, 6.45) is 0. The van der Waals surface area contributed by atoms with Gasteiger partial charge in [0.15, 0.2) is 11.3 Å². The van der Waals surface area contributed by atoms with E-state index >= 15 is 0 Å². The quantitative estimate of drug-likeness (QED) is 0.551. The smallest absolute Gasteiger partial charge is 0.178 e. The van der Waals surface area contributed by atoms with Crippen LogP contribution < -0.4 is 5.43 Å². The Morgan fingerprint density at radius 2 is 1.24 bits per heavy atom. The van der Waals surface area contributed by atoms with Crippen molar-refractivity contribution in [1.82, 2.24) is 0 Å². The molecule has 0 aliphatic carbocycles. The maximum Gasteiger partial charge on any atom is 0.178 e. The predicted octanol–water partition coefficient (Wildman–Crippen LogP) is 3.91. The van der Waals surface area contributed by atoms with Crippen LogP contribution in [0.15, 0.2) is 96.1 Å². The van der Waals surface area contributed by atoms with E-state index in [1.807, 2.05) is 72.8 Å². The lowest BCUT2D eigenvalue weighted by molar-refractivity contribution is 0.157.